The van der Waals surface area contributed by atoms with Gasteiger partial charge in [0, 0.05) is 0 Å². The molecule has 2 amide bonds. The second kappa shape index (κ2) is 16.0. The third-order valence-electron chi connectivity index (χ3n) is 12.1. The molecule has 0 saturated heterocycles. The minimum Gasteiger partial charge on any atom is -0.378 e. The lowest BCUT2D eigenvalue weighted by molar-refractivity contribution is -0.168. The Hall–Kier alpha value is -5.82. The molecular weight excluding hydrogens is 705 g/mol. The molecule has 4 N–H and O–H groups in total. The van der Waals surface area contributed by atoms with Crippen molar-refractivity contribution >= 4 is 11.8 Å². The number of hydrogen-bond donors (Lipinski definition) is 3. The molecule has 1 saturated carbocycles. The van der Waals surface area contributed by atoms with Crippen LogP contribution in [0.5, 0.6) is 0 Å². The molecule has 290 valence electrons. The van der Waals surface area contributed by atoms with Crippen LogP contribution in [0.4, 0.5) is 0 Å². The average molecular weight is 757 g/mol. The van der Waals surface area contributed by atoms with Crippen molar-refractivity contribution in [3.8, 4) is 0 Å². The maximum Gasteiger partial charge on any atom is 0.239 e. The Kier molecular flexibility index (Phi) is 11.0. The third-order valence-corrected chi connectivity index (χ3v) is 12.1. The van der Waals surface area contributed by atoms with Crippen LogP contribution in [-0.4, -0.2) is 26.9 Å². The highest BCUT2D eigenvalue weighted by Gasteiger charge is 2.59. The number of aryl methyl sites for hydroxylation is 4. The molecule has 6 aromatic rings. The fourth-order valence-electron chi connectivity index (χ4n) is 8.85. The first-order chi connectivity index (χ1) is 27.4. The Bertz CT molecular complexity index is 2060. The maximum atomic E-state index is 16.4. The van der Waals surface area contributed by atoms with Gasteiger partial charge in [-0.1, -0.05) is 193 Å². The molecule has 1 aliphatic carbocycles. The van der Waals surface area contributed by atoms with Crippen LogP contribution in [-0.2, 0) is 20.8 Å². The van der Waals surface area contributed by atoms with Gasteiger partial charge in [-0.05, 0) is 73.9 Å². The molecule has 0 heterocycles. The number of carbonyl (C=O) groups excluding carboxylic acids is 2. The molecule has 0 aromatic heterocycles. The highest BCUT2D eigenvalue weighted by molar-refractivity contribution is 6.05. The number of rotatable bonds is 12. The lowest BCUT2D eigenvalue weighted by Gasteiger charge is -2.53. The van der Waals surface area contributed by atoms with E-state index < -0.39 is 40.5 Å². The topological polar surface area (TPSA) is 104 Å². The van der Waals surface area contributed by atoms with E-state index in [0.717, 1.165) is 22.3 Å². The van der Waals surface area contributed by atoms with Crippen LogP contribution in [0.3, 0.4) is 0 Å². The van der Waals surface area contributed by atoms with E-state index in [1.165, 1.54) is 0 Å². The Morgan fingerprint density at radius 1 is 0.509 bits per heavy atom. The monoisotopic (exact) mass is 756 g/mol. The second-order valence-electron chi connectivity index (χ2n) is 16.0. The maximum absolute atomic E-state index is 16.4. The quantitative estimate of drug-likeness (QED) is 0.108. The first-order valence-electron chi connectivity index (χ1n) is 19.9. The van der Waals surface area contributed by atoms with Gasteiger partial charge in [-0.15, -0.1) is 0 Å². The number of carbonyl (C=O) groups is 2. The van der Waals surface area contributed by atoms with Crippen LogP contribution >= 0.6 is 0 Å². The van der Waals surface area contributed by atoms with E-state index >= 15 is 4.79 Å². The number of nitrogens with two attached hydrogens (primary N) is 1. The van der Waals surface area contributed by atoms with Crippen LogP contribution < -0.4 is 5.73 Å². The standard InChI is InChI=1S/C51H52N2O4/c1-35-17-25-41(26-18-35)50(56,42-27-19-36(2)20-28-42)45(39-13-7-5-8-14-39)53(48(55)49(47(52)54)33-11-12-34-49)46(40-15-9-6-10-16-40)51(57,43-29-21-37(3)22-30-43)44-31-23-38(4)24-32-44/h5-10,13-32,45-46,56-57H,11-12,33-34H2,1-4H3,(H2,52,54)/t45-,46-/m1/s1. The van der Waals surface area contributed by atoms with Crippen molar-refractivity contribution in [3.63, 3.8) is 0 Å². The Labute approximate surface area is 336 Å². The number of aliphatic hydroxyl groups is 2. The molecule has 0 bridgehead atoms. The van der Waals surface area contributed by atoms with E-state index in [-0.39, 0.29) is 12.8 Å². The van der Waals surface area contributed by atoms with Gasteiger partial charge in [-0.25, -0.2) is 0 Å². The second-order valence-corrected chi connectivity index (χ2v) is 16.0. The summed E-state index contributed by atoms with van der Waals surface area (Å²) in [5.41, 5.74) is 8.34. The minimum atomic E-state index is -1.93. The van der Waals surface area contributed by atoms with Crippen LogP contribution in [0.1, 0.15) is 93.4 Å². The third kappa shape index (κ3) is 7.20. The summed E-state index contributed by atoms with van der Waals surface area (Å²) in [5, 5.41) is 28.2. The van der Waals surface area contributed by atoms with Crippen molar-refractivity contribution in [2.75, 3.05) is 0 Å². The first-order valence-corrected chi connectivity index (χ1v) is 19.9. The molecule has 1 fully saturated rings. The van der Waals surface area contributed by atoms with Crippen molar-refractivity contribution in [1.82, 2.24) is 4.90 Å². The number of primary amides is 1. The Balaban J connectivity index is 1.67. The van der Waals surface area contributed by atoms with E-state index in [1.54, 1.807) is 4.90 Å². The molecule has 2 atom stereocenters. The summed E-state index contributed by atoms with van der Waals surface area (Å²) in [7, 11) is 0. The van der Waals surface area contributed by atoms with Crippen LogP contribution in [0.25, 0.3) is 0 Å². The molecule has 0 aliphatic heterocycles. The van der Waals surface area contributed by atoms with E-state index in [1.807, 2.05) is 185 Å². The fourth-order valence-corrected chi connectivity index (χ4v) is 8.85. The number of nitrogens with zero attached hydrogens (tertiary/aromatic N) is 1. The van der Waals surface area contributed by atoms with Gasteiger partial charge in [-0.2, -0.15) is 0 Å². The van der Waals surface area contributed by atoms with Crippen LogP contribution in [0.2, 0.25) is 0 Å². The van der Waals surface area contributed by atoms with Crippen molar-refractivity contribution in [2.24, 2.45) is 11.1 Å². The van der Waals surface area contributed by atoms with E-state index in [4.69, 9.17) is 5.73 Å². The predicted molar refractivity (Wildman–Crippen MR) is 226 cm³/mol. The van der Waals surface area contributed by atoms with Gasteiger partial charge in [0.2, 0.25) is 11.8 Å². The van der Waals surface area contributed by atoms with Crippen molar-refractivity contribution in [1.29, 1.82) is 0 Å². The highest BCUT2D eigenvalue weighted by atomic mass is 16.3. The minimum absolute atomic E-state index is 0.252. The first kappa shape index (κ1) is 39.4. The fraction of sp³-hybridized carbons (Fsp3) is 0.255. The molecular formula is C51H52N2O4. The summed E-state index contributed by atoms with van der Waals surface area (Å²) < 4.78 is 0. The van der Waals surface area contributed by atoms with Gasteiger partial charge in [0.1, 0.15) is 16.6 Å². The molecule has 0 spiro atoms. The zero-order valence-corrected chi connectivity index (χ0v) is 33.2. The molecule has 57 heavy (non-hydrogen) atoms. The molecule has 6 aromatic carbocycles. The van der Waals surface area contributed by atoms with Gasteiger partial charge in [0.25, 0.3) is 0 Å². The SMILES string of the molecule is Cc1ccc(C(O)(c2ccc(C)cc2)[C@@H](c2ccccc2)N(C(=O)C2(C(N)=O)CCCC2)[C@H](c2ccccc2)C(O)(c2ccc(C)cc2)c2ccc(C)cc2)cc1. The molecule has 7 rings (SSSR count). The van der Waals surface area contributed by atoms with Gasteiger partial charge < -0.3 is 20.8 Å². The zero-order valence-electron chi connectivity index (χ0n) is 33.2. The van der Waals surface area contributed by atoms with Gasteiger partial charge in [0.15, 0.2) is 0 Å². The lowest BCUT2D eigenvalue weighted by atomic mass is 9.70. The Morgan fingerprint density at radius 3 is 1.05 bits per heavy atom. The number of benzene rings is 6. The number of amides is 2. The summed E-state index contributed by atoms with van der Waals surface area (Å²) >= 11 is 0. The molecule has 0 unspecified atom stereocenters. The Morgan fingerprint density at radius 2 is 0.789 bits per heavy atom. The molecule has 6 nitrogen and oxygen atoms in total. The smallest absolute Gasteiger partial charge is 0.239 e. The molecule has 6 heteroatoms. The summed E-state index contributed by atoms with van der Waals surface area (Å²) in [4.78, 5) is 32.0. The van der Waals surface area contributed by atoms with Gasteiger partial charge in [0.05, 0.1) is 12.1 Å². The van der Waals surface area contributed by atoms with Crippen molar-refractivity contribution < 1.29 is 19.8 Å². The molecule has 0 radical (unpaired) electrons. The van der Waals surface area contributed by atoms with Gasteiger partial charge in [-0.3, -0.25) is 9.59 Å². The van der Waals surface area contributed by atoms with E-state index in [0.29, 0.717) is 46.2 Å². The zero-order chi connectivity index (χ0) is 40.4. The molecule has 1 aliphatic rings. The highest BCUT2D eigenvalue weighted by Crippen LogP contribution is 2.55. The van der Waals surface area contributed by atoms with Crippen LogP contribution in [0.15, 0.2) is 158 Å². The van der Waals surface area contributed by atoms with E-state index in [2.05, 4.69) is 0 Å². The van der Waals surface area contributed by atoms with Crippen molar-refractivity contribution in [3.05, 3.63) is 213 Å². The summed E-state index contributed by atoms with van der Waals surface area (Å²) in [6.45, 7) is 7.96. The largest absolute Gasteiger partial charge is 0.378 e. The van der Waals surface area contributed by atoms with Crippen molar-refractivity contribution in [2.45, 2.75) is 76.7 Å². The lowest BCUT2D eigenvalue weighted by Crippen LogP contribution is -2.59. The van der Waals surface area contributed by atoms with Crippen LogP contribution in [0, 0.1) is 33.1 Å². The summed E-state index contributed by atoms with van der Waals surface area (Å²) in [6.07, 6.45) is 1.77. The summed E-state index contributed by atoms with van der Waals surface area (Å²) in [6, 6.07) is 47.4. The number of hydrogen-bond acceptors (Lipinski definition) is 4. The normalized spacial score (nSPS) is 15.1. The average Bonchev–Trinajstić information content (AvgIpc) is 3.74. The summed E-state index contributed by atoms with van der Waals surface area (Å²) in [5.74, 6) is -1.25. The van der Waals surface area contributed by atoms with Gasteiger partial charge >= 0.3 is 0 Å². The van der Waals surface area contributed by atoms with E-state index in [9.17, 15) is 15.0 Å². The predicted octanol–water partition coefficient (Wildman–Crippen LogP) is 9.45.